The lowest BCUT2D eigenvalue weighted by atomic mass is 10.1. The minimum absolute atomic E-state index is 0. The van der Waals surface area contributed by atoms with Gasteiger partial charge in [-0.25, -0.2) is 26.3 Å². The molecule has 0 aliphatic carbocycles. The normalized spacial score (nSPS) is 20.8. The average Bonchev–Trinajstić information content (AvgIpc) is 2.29. The predicted molar refractivity (Wildman–Crippen MR) is 77.5 cm³/mol. The summed E-state index contributed by atoms with van der Waals surface area (Å²) in [5.41, 5.74) is 0. The summed E-state index contributed by atoms with van der Waals surface area (Å²) in [5, 5.41) is 3.11. The summed E-state index contributed by atoms with van der Waals surface area (Å²) in [7, 11) is -6.76. The summed E-state index contributed by atoms with van der Waals surface area (Å²) < 4.78 is 50.5. The van der Waals surface area contributed by atoms with Crippen LogP contribution in [-0.4, -0.2) is 54.0 Å². The molecule has 116 valence electrons. The molecular formula is C9H22ClN3O4S2. The molecule has 0 radical (unpaired) electrons. The molecule has 1 aliphatic heterocycles. The first-order chi connectivity index (χ1) is 8.35. The van der Waals surface area contributed by atoms with Gasteiger partial charge in [-0.1, -0.05) is 0 Å². The Hall–Kier alpha value is 0.0700. The molecule has 0 aromatic heterocycles. The highest BCUT2D eigenvalue weighted by atomic mass is 35.5. The van der Waals surface area contributed by atoms with Gasteiger partial charge in [-0.05, 0) is 26.3 Å². The highest BCUT2D eigenvalue weighted by molar-refractivity contribution is 7.90. The van der Waals surface area contributed by atoms with E-state index in [9.17, 15) is 16.8 Å². The number of nitrogens with one attached hydrogen (secondary N) is 3. The minimum atomic E-state index is -3.43. The fourth-order valence-electron chi connectivity index (χ4n) is 1.70. The molecule has 1 heterocycles. The first-order valence-corrected chi connectivity index (χ1v) is 9.33. The predicted octanol–water partition coefficient (Wildman–Crippen LogP) is -0.981. The lowest BCUT2D eigenvalue weighted by molar-refractivity contribution is 0.428. The van der Waals surface area contributed by atoms with E-state index in [0.29, 0.717) is 6.54 Å². The van der Waals surface area contributed by atoms with Crippen LogP contribution in [0.1, 0.15) is 19.8 Å². The molecule has 0 saturated carbocycles. The summed E-state index contributed by atoms with van der Waals surface area (Å²) in [6.07, 6.45) is 1.75. The van der Waals surface area contributed by atoms with E-state index in [4.69, 9.17) is 0 Å². The van der Waals surface area contributed by atoms with Crippen molar-refractivity contribution in [1.82, 2.24) is 14.8 Å². The molecule has 3 N–H and O–H groups in total. The molecule has 0 aromatic rings. The monoisotopic (exact) mass is 335 g/mol. The van der Waals surface area contributed by atoms with Crippen LogP contribution in [0.5, 0.6) is 0 Å². The van der Waals surface area contributed by atoms with E-state index in [2.05, 4.69) is 14.8 Å². The molecule has 1 rings (SSSR count). The molecule has 19 heavy (non-hydrogen) atoms. The van der Waals surface area contributed by atoms with E-state index in [-0.39, 0.29) is 36.5 Å². The third-order valence-electron chi connectivity index (χ3n) is 2.72. The summed E-state index contributed by atoms with van der Waals surface area (Å²) in [6.45, 7) is 2.95. The van der Waals surface area contributed by atoms with Gasteiger partial charge in [0, 0.05) is 19.1 Å². The molecule has 0 amide bonds. The molecule has 10 heteroatoms. The van der Waals surface area contributed by atoms with Crippen molar-refractivity contribution < 1.29 is 16.8 Å². The first kappa shape index (κ1) is 19.1. The van der Waals surface area contributed by atoms with E-state index in [0.717, 1.165) is 19.4 Å². The van der Waals surface area contributed by atoms with Crippen LogP contribution in [0.25, 0.3) is 0 Å². The van der Waals surface area contributed by atoms with Crippen LogP contribution in [-0.2, 0) is 20.0 Å². The Bertz CT molecular complexity index is 446. The van der Waals surface area contributed by atoms with Gasteiger partial charge in [-0.3, -0.25) is 0 Å². The van der Waals surface area contributed by atoms with Gasteiger partial charge in [-0.2, -0.15) is 0 Å². The van der Waals surface area contributed by atoms with Gasteiger partial charge in [0.2, 0.25) is 20.0 Å². The van der Waals surface area contributed by atoms with Gasteiger partial charge in [0.15, 0.2) is 0 Å². The van der Waals surface area contributed by atoms with Crippen LogP contribution in [0.15, 0.2) is 0 Å². The Morgan fingerprint density at radius 3 is 2.42 bits per heavy atom. The molecule has 7 nitrogen and oxygen atoms in total. The minimum Gasteiger partial charge on any atom is -0.315 e. The van der Waals surface area contributed by atoms with Crippen molar-refractivity contribution in [2.45, 2.75) is 25.8 Å². The number of halogens is 1. The SMILES string of the molecule is CCS(=O)(=O)NCCS(=O)(=O)NC1CCCNC1.Cl. The molecular weight excluding hydrogens is 314 g/mol. The Labute approximate surface area is 121 Å². The molecule has 1 atom stereocenters. The molecule has 0 bridgehead atoms. The van der Waals surface area contributed by atoms with Crippen LogP contribution in [0.4, 0.5) is 0 Å². The molecule has 1 saturated heterocycles. The van der Waals surface area contributed by atoms with Crippen molar-refractivity contribution in [1.29, 1.82) is 0 Å². The maximum Gasteiger partial charge on any atom is 0.213 e. The Morgan fingerprint density at radius 1 is 1.21 bits per heavy atom. The smallest absolute Gasteiger partial charge is 0.213 e. The maximum atomic E-state index is 11.7. The van der Waals surface area contributed by atoms with Gasteiger partial charge in [0.25, 0.3) is 0 Å². The molecule has 1 aliphatic rings. The summed E-state index contributed by atoms with van der Waals surface area (Å²) >= 11 is 0. The summed E-state index contributed by atoms with van der Waals surface area (Å²) in [6, 6.07) is -0.0912. The van der Waals surface area contributed by atoms with Crippen LogP contribution in [0.3, 0.4) is 0 Å². The zero-order chi connectivity index (χ0) is 13.6. The largest absolute Gasteiger partial charge is 0.315 e. The third kappa shape index (κ3) is 8.05. The van der Waals surface area contributed by atoms with E-state index < -0.39 is 20.0 Å². The van der Waals surface area contributed by atoms with Crippen molar-refractivity contribution in [2.24, 2.45) is 0 Å². The number of piperidine rings is 1. The number of sulfonamides is 2. The van der Waals surface area contributed by atoms with Gasteiger partial charge in [0.05, 0.1) is 11.5 Å². The third-order valence-corrected chi connectivity index (χ3v) is 5.55. The van der Waals surface area contributed by atoms with Gasteiger partial charge in [0.1, 0.15) is 0 Å². The second-order valence-electron chi connectivity index (χ2n) is 4.28. The quantitative estimate of drug-likeness (QED) is 0.554. The topological polar surface area (TPSA) is 104 Å². The zero-order valence-corrected chi connectivity index (χ0v) is 13.3. The molecule has 0 aromatic carbocycles. The van der Waals surface area contributed by atoms with Crippen molar-refractivity contribution >= 4 is 32.5 Å². The summed E-state index contributed by atoms with van der Waals surface area (Å²) in [4.78, 5) is 0. The second-order valence-corrected chi connectivity index (χ2v) is 8.25. The highest BCUT2D eigenvalue weighted by Crippen LogP contribution is 2.02. The van der Waals surface area contributed by atoms with Gasteiger partial charge >= 0.3 is 0 Å². The fraction of sp³-hybridized carbons (Fsp3) is 1.00. The van der Waals surface area contributed by atoms with Crippen molar-refractivity contribution in [3.8, 4) is 0 Å². The highest BCUT2D eigenvalue weighted by Gasteiger charge is 2.20. The Morgan fingerprint density at radius 2 is 1.89 bits per heavy atom. The molecule has 1 fully saturated rings. The standard InChI is InChI=1S/C9H21N3O4S2.ClH/c1-2-17(13,14)11-6-7-18(15,16)12-9-4-3-5-10-8-9;/h9-12H,2-8H2,1H3;1H. The van der Waals surface area contributed by atoms with Crippen LogP contribution in [0, 0.1) is 0 Å². The van der Waals surface area contributed by atoms with E-state index >= 15 is 0 Å². The van der Waals surface area contributed by atoms with Crippen LogP contribution in [0.2, 0.25) is 0 Å². The number of hydrogen-bond donors (Lipinski definition) is 3. The average molecular weight is 336 g/mol. The lowest BCUT2D eigenvalue weighted by Crippen LogP contribution is -2.47. The molecule has 0 spiro atoms. The van der Waals surface area contributed by atoms with E-state index in [1.165, 1.54) is 6.92 Å². The Kier molecular flexibility index (Phi) is 8.41. The zero-order valence-electron chi connectivity index (χ0n) is 10.9. The van der Waals surface area contributed by atoms with E-state index in [1.807, 2.05) is 0 Å². The Balaban J connectivity index is 0.00000324. The number of hydrogen-bond acceptors (Lipinski definition) is 5. The van der Waals surface area contributed by atoms with Crippen LogP contribution < -0.4 is 14.8 Å². The van der Waals surface area contributed by atoms with Crippen molar-refractivity contribution in [3.05, 3.63) is 0 Å². The van der Waals surface area contributed by atoms with Crippen molar-refractivity contribution in [3.63, 3.8) is 0 Å². The summed E-state index contributed by atoms with van der Waals surface area (Å²) in [5.74, 6) is -0.282. The van der Waals surface area contributed by atoms with Crippen molar-refractivity contribution in [2.75, 3.05) is 31.1 Å². The van der Waals surface area contributed by atoms with Gasteiger partial charge < -0.3 is 5.32 Å². The maximum absolute atomic E-state index is 11.7. The number of rotatable bonds is 7. The molecule has 1 unspecified atom stereocenters. The second kappa shape index (κ2) is 8.38. The first-order valence-electron chi connectivity index (χ1n) is 6.03. The lowest BCUT2D eigenvalue weighted by Gasteiger charge is -2.23. The fourth-order valence-corrected chi connectivity index (χ4v) is 3.64. The van der Waals surface area contributed by atoms with E-state index in [1.54, 1.807) is 0 Å². The van der Waals surface area contributed by atoms with Crippen LogP contribution >= 0.6 is 12.4 Å². The van der Waals surface area contributed by atoms with Gasteiger partial charge in [-0.15, -0.1) is 12.4 Å².